The number of nitrogens with zero attached hydrogens (tertiary/aromatic N) is 1. The molecule has 0 bridgehead atoms. The van der Waals surface area contributed by atoms with Crippen LogP contribution in [0.15, 0.2) is 24.3 Å². The molecule has 1 atom stereocenters. The van der Waals surface area contributed by atoms with Gasteiger partial charge in [-0.05, 0) is 44.4 Å². The lowest BCUT2D eigenvalue weighted by molar-refractivity contribution is -0.149. The van der Waals surface area contributed by atoms with Crippen molar-refractivity contribution in [2.24, 2.45) is 5.92 Å². The van der Waals surface area contributed by atoms with Gasteiger partial charge in [0.2, 0.25) is 11.8 Å². The zero-order chi connectivity index (χ0) is 14.7. The van der Waals surface area contributed by atoms with Crippen LogP contribution in [-0.2, 0) is 16.0 Å². The predicted octanol–water partition coefficient (Wildman–Crippen LogP) is 2.41. The molecular weight excluding hydrogens is 254 g/mol. The molecule has 2 amide bonds. The summed E-state index contributed by atoms with van der Waals surface area (Å²) in [6, 6.07) is 7.83. The standard InChI is InChI=1S/C16H21NO3/c1-11(2)20-14-7-4-12(5-8-14)10-13-6-9-15(18)17(3)16(13)19/h4-5,7-8,11,13H,6,9-10H2,1-3H3/t13-/m0/s1. The Balaban J connectivity index is 1.99. The average Bonchev–Trinajstić information content (AvgIpc) is 2.41. The average molecular weight is 275 g/mol. The van der Waals surface area contributed by atoms with Crippen LogP contribution in [0.2, 0.25) is 0 Å². The molecule has 4 nitrogen and oxygen atoms in total. The monoisotopic (exact) mass is 275 g/mol. The molecule has 2 rings (SSSR count). The summed E-state index contributed by atoms with van der Waals surface area (Å²) in [4.78, 5) is 24.7. The summed E-state index contributed by atoms with van der Waals surface area (Å²) in [5, 5.41) is 0. The maximum absolute atomic E-state index is 12.0. The summed E-state index contributed by atoms with van der Waals surface area (Å²) >= 11 is 0. The molecule has 0 aliphatic carbocycles. The molecule has 1 aromatic carbocycles. The molecule has 108 valence electrons. The van der Waals surface area contributed by atoms with Crippen molar-refractivity contribution in [1.82, 2.24) is 4.90 Å². The first kappa shape index (κ1) is 14.6. The predicted molar refractivity (Wildman–Crippen MR) is 76.4 cm³/mol. The van der Waals surface area contributed by atoms with Crippen LogP contribution >= 0.6 is 0 Å². The molecule has 1 aromatic rings. The summed E-state index contributed by atoms with van der Waals surface area (Å²) in [7, 11) is 1.57. The third-order valence-corrected chi connectivity index (χ3v) is 3.54. The van der Waals surface area contributed by atoms with Crippen molar-refractivity contribution in [2.75, 3.05) is 7.05 Å². The molecule has 1 aliphatic rings. The van der Waals surface area contributed by atoms with E-state index in [1.54, 1.807) is 7.05 Å². The van der Waals surface area contributed by atoms with Crippen LogP contribution in [0, 0.1) is 5.92 Å². The quantitative estimate of drug-likeness (QED) is 0.793. The van der Waals surface area contributed by atoms with E-state index in [2.05, 4.69) is 0 Å². The van der Waals surface area contributed by atoms with Gasteiger partial charge in [-0.3, -0.25) is 14.5 Å². The molecule has 4 heteroatoms. The highest BCUT2D eigenvalue weighted by Crippen LogP contribution is 2.23. The first-order valence-electron chi connectivity index (χ1n) is 7.03. The van der Waals surface area contributed by atoms with Gasteiger partial charge in [0, 0.05) is 19.4 Å². The van der Waals surface area contributed by atoms with Gasteiger partial charge in [-0.2, -0.15) is 0 Å². The molecule has 0 spiro atoms. The van der Waals surface area contributed by atoms with E-state index in [1.165, 1.54) is 4.90 Å². The Labute approximate surface area is 119 Å². The maximum Gasteiger partial charge on any atom is 0.232 e. The summed E-state index contributed by atoms with van der Waals surface area (Å²) in [6.07, 6.45) is 1.94. The fourth-order valence-corrected chi connectivity index (χ4v) is 2.44. The number of ether oxygens (including phenoxy) is 1. The topological polar surface area (TPSA) is 46.6 Å². The second kappa shape index (κ2) is 6.07. The molecule has 0 N–H and O–H groups in total. The summed E-state index contributed by atoms with van der Waals surface area (Å²) < 4.78 is 5.59. The minimum atomic E-state index is -0.0884. The van der Waals surface area contributed by atoms with Crippen molar-refractivity contribution in [2.45, 2.75) is 39.2 Å². The van der Waals surface area contributed by atoms with Gasteiger partial charge >= 0.3 is 0 Å². The number of piperidine rings is 1. The summed E-state index contributed by atoms with van der Waals surface area (Å²) in [6.45, 7) is 3.98. The molecular formula is C16H21NO3. The zero-order valence-corrected chi connectivity index (χ0v) is 12.3. The van der Waals surface area contributed by atoms with Crippen molar-refractivity contribution >= 4 is 11.8 Å². The largest absolute Gasteiger partial charge is 0.491 e. The third kappa shape index (κ3) is 3.38. The lowest BCUT2D eigenvalue weighted by atomic mass is 9.90. The van der Waals surface area contributed by atoms with Crippen molar-refractivity contribution in [3.63, 3.8) is 0 Å². The van der Waals surface area contributed by atoms with Gasteiger partial charge in [0.15, 0.2) is 0 Å². The van der Waals surface area contributed by atoms with Crippen molar-refractivity contribution < 1.29 is 14.3 Å². The molecule has 0 unspecified atom stereocenters. The molecule has 1 saturated heterocycles. The van der Waals surface area contributed by atoms with Crippen molar-refractivity contribution in [1.29, 1.82) is 0 Å². The maximum atomic E-state index is 12.0. The summed E-state index contributed by atoms with van der Waals surface area (Å²) in [5.74, 6) is 0.608. The number of carbonyl (C=O) groups excluding carboxylic acids is 2. The van der Waals surface area contributed by atoms with E-state index in [9.17, 15) is 9.59 Å². The van der Waals surface area contributed by atoms with E-state index in [-0.39, 0.29) is 23.8 Å². The fraction of sp³-hybridized carbons (Fsp3) is 0.500. The van der Waals surface area contributed by atoms with Crippen LogP contribution in [0.25, 0.3) is 0 Å². The van der Waals surface area contributed by atoms with Gasteiger partial charge in [-0.25, -0.2) is 0 Å². The molecule has 0 radical (unpaired) electrons. The van der Waals surface area contributed by atoms with Gasteiger partial charge < -0.3 is 4.74 Å². The Morgan fingerprint density at radius 3 is 2.50 bits per heavy atom. The number of rotatable bonds is 4. The van der Waals surface area contributed by atoms with Gasteiger partial charge in [0.05, 0.1) is 6.10 Å². The second-order valence-electron chi connectivity index (χ2n) is 5.54. The molecule has 1 heterocycles. The van der Waals surface area contributed by atoms with Crippen LogP contribution in [0.3, 0.4) is 0 Å². The minimum Gasteiger partial charge on any atom is -0.491 e. The smallest absolute Gasteiger partial charge is 0.232 e. The number of likely N-dealkylation sites (tertiary alicyclic amines) is 1. The normalized spacial score (nSPS) is 19.6. The van der Waals surface area contributed by atoms with Gasteiger partial charge in [0.25, 0.3) is 0 Å². The SMILES string of the molecule is CC(C)Oc1ccc(C[C@@H]2CCC(=O)N(C)C2=O)cc1. The van der Waals surface area contributed by atoms with E-state index in [4.69, 9.17) is 4.74 Å². The first-order valence-corrected chi connectivity index (χ1v) is 7.03. The molecule has 1 fully saturated rings. The lowest BCUT2D eigenvalue weighted by Crippen LogP contribution is -2.43. The summed E-state index contributed by atoms with van der Waals surface area (Å²) in [5.41, 5.74) is 1.10. The van der Waals surface area contributed by atoms with E-state index in [1.807, 2.05) is 38.1 Å². The highest BCUT2D eigenvalue weighted by atomic mass is 16.5. The highest BCUT2D eigenvalue weighted by Gasteiger charge is 2.31. The zero-order valence-electron chi connectivity index (χ0n) is 12.3. The highest BCUT2D eigenvalue weighted by molar-refractivity contribution is 5.98. The van der Waals surface area contributed by atoms with Crippen LogP contribution in [0.5, 0.6) is 5.75 Å². The lowest BCUT2D eigenvalue weighted by Gasteiger charge is -2.27. The number of benzene rings is 1. The molecule has 1 aliphatic heterocycles. The Kier molecular flexibility index (Phi) is 4.42. The third-order valence-electron chi connectivity index (χ3n) is 3.54. The van der Waals surface area contributed by atoms with Crippen molar-refractivity contribution in [3.8, 4) is 5.75 Å². The molecule has 0 saturated carbocycles. The van der Waals surface area contributed by atoms with Gasteiger partial charge in [-0.15, -0.1) is 0 Å². The second-order valence-corrected chi connectivity index (χ2v) is 5.54. The van der Waals surface area contributed by atoms with Crippen molar-refractivity contribution in [3.05, 3.63) is 29.8 Å². The van der Waals surface area contributed by atoms with Gasteiger partial charge in [0.1, 0.15) is 5.75 Å². The van der Waals surface area contributed by atoms with E-state index in [0.717, 1.165) is 11.3 Å². The van der Waals surface area contributed by atoms with E-state index >= 15 is 0 Å². The van der Waals surface area contributed by atoms with Crippen LogP contribution in [0.1, 0.15) is 32.3 Å². The van der Waals surface area contributed by atoms with E-state index < -0.39 is 0 Å². The Bertz CT molecular complexity index is 493. The number of hydrogen-bond donors (Lipinski definition) is 0. The minimum absolute atomic E-state index is 0.0660. The first-order chi connectivity index (χ1) is 9.47. The van der Waals surface area contributed by atoms with Crippen LogP contribution in [0.4, 0.5) is 0 Å². The Morgan fingerprint density at radius 2 is 1.90 bits per heavy atom. The fourth-order valence-electron chi connectivity index (χ4n) is 2.44. The molecule has 20 heavy (non-hydrogen) atoms. The number of carbonyl (C=O) groups is 2. The number of amides is 2. The number of imide groups is 1. The number of hydrogen-bond acceptors (Lipinski definition) is 3. The Hall–Kier alpha value is -1.84. The van der Waals surface area contributed by atoms with Crippen LogP contribution < -0.4 is 4.74 Å². The van der Waals surface area contributed by atoms with Crippen LogP contribution in [-0.4, -0.2) is 29.9 Å². The van der Waals surface area contributed by atoms with E-state index in [0.29, 0.717) is 19.3 Å². The van der Waals surface area contributed by atoms with Gasteiger partial charge in [-0.1, -0.05) is 12.1 Å². The Morgan fingerprint density at radius 1 is 1.25 bits per heavy atom. The molecule has 0 aromatic heterocycles.